The van der Waals surface area contributed by atoms with E-state index >= 15 is 0 Å². The Morgan fingerprint density at radius 3 is 2.15 bits per heavy atom. The van der Waals surface area contributed by atoms with Crippen molar-refractivity contribution in [2.75, 3.05) is 0 Å². The van der Waals surface area contributed by atoms with Crippen molar-refractivity contribution >= 4 is 0 Å². The molecule has 3 N–H and O–H groups in total. The van der Waals surface area contributed by atoms with E-state index in [4.69, 9.17) is 10.5 Å². The number of hydrogen-bond donors (Lipinski definition) is 3. The van der Waals surface area contributed by atoms with Crippen molar-refractivity contribution in [2.45, 2.75) is 6.42 Å². The molecule has 2 rings (SSSR count). The minimum Gasteiger partial charge on any atom is -0.508 e. The molecule has 0 heterocycles. The molecular formula is C15H10N2O3. The summed E-state index contributed by atoms with van der Waals surface area (Å²) in [5.41, 5.74) is 1.12. The van der Waals surface area contributed by atoms with Crippen LogP contribution in [0, 0.1) is 22.7 Å². The summed E-state index contributed by atoms with van der Waals surface area (Å²) in [6.07, 6.45) is 0.236. The summed E-state index contributed by atoms with van der Waals surface area (Å²) < 4.78 is 0. The Labute approximate surface area is 115 Å². The highest BCUT2D eigenvalue weighted by Gasteiger charge is 2.17. The summed E-state index contributed by atoms with van der Waals surface area (Å²) in [7, 11) is 0. The molecule has 0 saturated heterocycles. The molecule has 0 aromatic heterocycles. The van der Waals surface area contributed by atoms with Crippen molar-refractivity contribution in [2.24, 2.45) is 0 Å². The Balaban J connectivity index is 2.56. The van der Waals surface area contributed by atoms with E-state index in [0.717, 1.165) is 11.6 Å². The largest absolute Gasteiger partial charge is 0.508 e. The van der Waals surface area contributed by atoms with E-state index in [1.807, 2.05) is 6.07 Å². The maximum absolute atomic E-state index is 9.70. The van der Waals surface area contributed by atoms with E-state index in [2.05, 4.69) is 0 Å². The molecule has 20 heavy (non-hydrogen) atoms. The van der Waals surface area contributed by atoms with E-state index in [0.29, 0.717) is 5.56 Å². The van der Waals surface area contributed by atoms with Crippen LogP contribution in [-0.2, 0) is 6.42 Å². The summed E-state index contributed by atoms with van der Waals surface area (Å²) in [5.74, 6) is -0.906. The molecule has 2 aromatic carbocycles. The zero-order valence-corrected chi connectivity index (χ0v) is 10.3. The first-order valence-corrected chi connectivity index (χ1v) is 5.72. The molecule has 0 amide bonds. The monoisotopic (exact) mass is 266 g/mol. The van der Waals surface area contributed by atoms with Gasteiger partial charge in [-0.3, -0.25) is 0 Å². The van der Waals surface area contributed by atoms with Gasteiger partial charge in [0.2, 0.25) is 0 Å². The molecule has 0 unspecified atom stereocenters. The van der Waals surface area contributed by atoms with Gasteiger partial charge in [0.25, 0.3) is 0 Å². The number of rotatable bonds is 2. The number of nitrogens with zero attached hydrogens (tertiary/aromatic N) is 2. The minimum absolute atomic E-state index is 0.114. The number of nitriles is 2. The topological polar surface area (TPSA) is 108 Å². The fourth-order valence-corrected chi connectivity index (χ4v) is 1.92. The predicted molar refractivity (Wildman–Crippen MR) is 70.1 cm³/mol. The molecular weight excluding hydrogens is 256 g/mol. The maximum atomic E-state index is 9.70. The second-order valence-electron chi connectivity index (χ2n) is 4.21. The first-order valence-electron chi connectivity index (χ1n) is 5.72. The SMILES string of the molecule is N#Cc1cc(O)c(O)c(C#N)c1Cc1ccc(O)cc1. The Morgan fingerprint density at radius 1 is 0.950 bits per heavy atom. The molecule has 5 heteroatoms. The molecule has 98 valence electrons. The van der Waals surface area contributed by atoms with Gasteiger partial charge >= 0.3 is 0 Å². The second kappa shape index (κ2) is 5.21. The van der Waals surface area contributed by atoms with Gasteiger partial charge in [-0.2, -0.15) is 10.5 Å². The molecule has 0 radical (unpaired) electrons. The van der Waals surface area contributed by atoms with Crippen molar-refractivity contribution in [1.29, 1.82) is 10.5 Å². The lowest BCUT2D eigenvalue weighted by Gasteiger charge is -2.10. The van der Waals surface area contributed by atoms with Crippen molar-refractivity contribution in [3.05, 3.63) is 52.6 Å². The van der Waals surface area contributed by atoms with Crippen molar-refractivity contribution in [3.8, 4) is 29.4 Å². The summed E-state index contributed by atoms with van der Waals surface area (Å²) in [4.78, 5) is 0. The average molecular weight is 266 g/mol. The van der Waals surface area contributed by atoms with Crippen LogP contribution in [0.3, 0.4) is 0 Å². The molecule has 2 aromatic rings. The van der Waals surface area contributed by atoms with Gasteiger partial charge in [0.15, 0.2) is 11.5 Å². The van der Waals surface area contributed by atoms with Gasteiger partial charge in [-0.05, 0) is 23.3 Å². The highest BCUT2D eigenvalue weighted by atomic mass is 16.3. The molecule has 0 aliphatic heterocycles. The van der Waals surface area contributed by atoms with E-state index in [-0.39, 0.29) is 23.3 Å². The normalized spacial score (nSPS) is 9.70. The third-order valence-electron chi connectivity index (χ3n) is 2.94. The van der Waals surface area contributed by atoms with E-state index in [1.165, 1.54) is 12.1 Å². The molecule has 0 fully saturated rings. The van der Waals surface area contributed by atoms with Crippen LogP contribution in [0.2, 0.25) is 0 Å². The minimum atomic E-state index is -0.528. The van der Waals surface area contributed by atoms with E-state index < -0.39 is 11.5 Å². The zero-order valence-electron chi connectivity index (χ0n) is 10.3. The third-order valence-corrected chi connectivity index (χ3v) is 2.94. The molecule has 0 aliphatic rings. The summed E-state index contributed by atoms with van der Waals surface area (Å²) in [5, 5.41) is 46.6. The predicted octanol–water partition coefficient (Wildman–Crippen LogP) is 2.14. The number of phenolic OH excluding ortho intramolecular Hbond substituents is 3. The zero-order chi connectivity index (χ0) is 14.7. The summed E-state index contributed by atoms with van der Waals surface area (Å²) >= 11 is 0. The van der Waals surface area contributed by atoms with Crippen molar-refractivity contribution in [3.63, 3.8) is 0 Å². The Bertz CT molecular complexity index is 738. The van der Waals surface area contributed by atoms with E-state index in [9.17, 15) is 15.3 Å². The molecule has 0 aliphatic carbocycles. The van der Waals surface area contributed by atoms with Gasteiger partial charge in [0.05, 0.1) is 11.6 Å². The van der Waals surface area contributed by atoms with Crippen LogP contribution in [-0.4, -0.2) is 15.3 Å². The van der Waals surface area contributed by atoms with Crippen LogP contribution < -0.4 is 0 Å². The summed E-state index contributed by atoms with van der Waals surface area (Å²) in [6, 6.07) is 11.1. The van der Waals surface area contributed by atoms with E-state index in [1.54, 1.807) is 18.2 Å². The lowest BCUT2D eigenvalue weighted by molar-refractivity contribution is 0.402. The lowest BCUT2D eigenvalue weighted by atomic mass is 9.94. The molecule has 0 spiro atoms. The number of aromatic hydroxyl groups is 3. The molecule has 0 saturated carbocycles. The quantitative estimate of drug-likeness (QED) is 0.721. The summed E-state index contributed by atoms with van der Waals surface area (Å²) in [6.45, 7) is 0. The number of phenols is 3. The average Bonchev–Trinajstić information content (AvgIpc) is 2.45. The van der Waals surface area contributed by atoms with Gasteiger partial charge in [-0.15, -0.1) is 0 Å². The Morgan fingerprint density at radius 2 is 1.60 bits per heavy atom. The third kappa shape index (κ3) is 2.33. The first-order chi connectivity index (χ1) is 9.56. The fraction of sp³-hybridized carbons (Fsp3) is 0.0667. The van der Waals surface area contributed by atoms with Gasteiger partial charge < -0.3 is 15.3 Å². The highest BCUT2D eigenvalue weighted by molar-refractivity contribution is 5.62. The van der Waals surface area contributed by atoms with Crippen LogP contribution in [0.15, 0.2) is 30.3 Å². The molecule has 5 nitrogen and oxygen atoms in total. The molecule has 0 bridgehead atoms. The van der Waals surface area contributed by atoms with Gasteiger partial charge in [0, 0.05) is 12.5 Å². The number of benzene rings is 2. The fourth-order valence-electron chi connectivity index (χ4n) is 1.92. The molecule has 0 atom stereocenters. The van der Waals surface area contributed by atoms with Gasteiger partial charge in [-0.25, -0.2) is 0 Å². The Kier molecular flexibility index (Phi) is 3.45. The standard InChI is InChI=1S/C15H10N2O3/c16-7-10-6-14(19)15(20)13(8-17)12(10)5-9-1-3-11(18)4-2-9/h1-4,6,18-20H,5H2. The Hall–Kier alpha value is -3.18. The van der Waals surface area contributed by atoms with Crippen LogP contribution in [0.4, 0.5) is 0 Å². The van der Waals surface area contributed by atoms with Gasteiger partial charge in [0.1, 0.15) is 17.4 Å². The van der Waals surface area contributed by atoms with Crippen molar-refractivity contribution in [1.82, 2.24) is 0 Å². The lowest BCUT2D eigenvalue weighted by Crippen LogP contribution is -1.98. The first kappa shape index (κ1) is 13.3. The number of hydrogen-bond acceptors (Lipinski definition) is 5. The van der Waals surface area contributed by atoms with Gasteiger partial charge in [-0.1, -0.05) is 12.1 Å². The second-order valence-corrected chi connectivity index (χ2v) is 4.21. The van der Waals surface area contributed by atoms with Crippen LogP contribution in [0.25, 0.3) is 0 Å². The van der Waals surface area contributed by atoms with Crippen LogP contribution in [0.1, 0.15) is 22.3 Å². The highest BCUT2D eigenvalue weighted by Crippen LogP contribution is 2.34. The van der Waals surface area contributed by atoms with Crippen LogP contribution in [0.5, 0.6) is 17.2 Å². The van der Waals surface area contributed by atoms with Crippen molar-refractivity contribution < 1.29 is 15.3 Å². The van der Waals surface area contributed by atoms with Crippen LogP contribution >= 0.6 is 0 Å². The maximum Gasteiger partial charge on any atom is 0.175 e. The smallest absolute Gasteiger partial charge is 0.175 e.